The molecule has 0 aromatic carbocycles. The Hall–Kier alpha value is -1.41. The third kappa shape index (κ3) is 3.11. The van der Waals surface area contributed by atoms with Gasteiger partial charge in [-0.3, -0.25) is 9.78 Å². The van der Waals surface area contributed by atoms with Crippen LogP contribution in [0.25, 0.3) is 5.78 Å². The lowest BCUT2D eigenvalue weighted by Gasteiger charge is -2.32. The van der Waals surface area contributed by atoms with Gasteiger partial charge in [0.25, 0.3) is 11.3 Å². The first-order chi connectivity index (χ1) is 10.1. The fraction of sp³-hybridized carbons (Fsp3) is 0.692. The molecule has 0 spiro atoms. The highest BCUT2D eigenvalue weighted by molar-refractivity contribution is 7.99. The summed E-state index contributed by atoms with van der Waals surface area (Å²) in [4.78, 5) is 16.6. The molecule has 1 N–H and O–H groups in total. The van der Waals surface area contributed by atoms with E-state index in [2.05, 4.69) is 32.2 Å². The van der Waals surface area contributed by atoms with Gasteiger partial charge in [-0.2, -0.15) is 9.61 Å². The number of nitrogens with zero attached hydrogens (tertiary/aromatic N) is 5. The predicted octanol–water partition coefficient (Wildman–Crippen LogP) is 1.09. The Labute approximate surface area is 127 Å². The molecule has 3 rings (SSSR count). The van der Waals surface area contributed by atoms with Gasteiger partial charge in [-0.1, -0.05) is 18.2 Å². The van der Waals surface area contributed by atoms with Gasteiger partial charge in [0, 0.05) is 11.8 Å². The Morgan fingerprint density at radius 2 is 2.24 bits per heavy atom. The number of hydrogen-bond donors (Lipinski definition) is 1. The van der Waals surface area contributed by atoms with Crippen LogP contribution < -0.4 is 5.56 Å². The van der Waals surface area contributed by atoms with Crippen molar-refractivity contribution in [3.05, 3.63) is 16.0 Å². The second kappa shape index (κ2) is 6.15. The van der Waals surface area contributed by atoms with Gasteiger partial charge in [0.1, 0.15) is 5.69 Å². The van der Waals surface area contributed by atoms with Crippen molar-refractivity contribution in [2.45, 2.75) is 43.8 Å². The Balaban J connectivity index is 1.65. The van der Waals surface area contributed by atoms with Crippen molar-refractivity contribution in [3.8, 4) is 0 Å². The maximum Gasteiger partial charge on any atom is 0.273 e. The van der Waals surface area contributed by atoms with Crippen molar-refractivity contribution in [2.75, 3.05) is 19.3 Å². The number of aryl methyl sites for hydroxylation is 1. The van der Waals surface area contributed by atoms with Crippen LogP contribution in [-0.4, -0.2) is 55.1 Å². The summed E-state index contributed by atoms with van der Waals surface area (Å²) in [5, 5.41) is 13.0. The summed E-state index contributed by atoms with van der Waals surface area (Å²) >= 11 is 1.64. The smallest absolute Gasteiger partial charge is 0.273 e. The molecule has 8 heteroatoms. The molecule has 1 aliphatic heterocycles. The third-order valence-electron chi connectivity index (χ3n) is 4.02. The topological polar surface area (TPSA) is 79.2 Å². The van der Waals surface area contributed by atoms with Gasteiger partial charge in [-0.25, -0.2) is 0 Å². The van der Waals surface area contributed by atoms with Gasteiger partial charge in [-0.05, 0) is 39.8 Å². The largest absolute Gasteiger partial charge is 0.303 e. The lowest BCUT2D eigenvalue weighted by molar-refractivity contribution is 0.182. The van der Waals surface area contributed by atoms with E-state index in [4.69, 9.17) is 0 Å². The zero-order valence-corrected chi connectivity index (χ0v) is 13.2. The number of thioether (sulfide) groups is 1. The lowest BCUT2D eigenvalue weighted by atomic mass is 10.0. The average molecular weight is 308 g/mol. The van der Waals surface area contributed by atoms with Gasteiger partial charge in [0.2, 0.25) is 5.16 Å². The Morgan fingerprint density at radius 1 is 1.38 bits per heavy atom. The zero-order chi connectivity index (χ0) is 14.8. The van der Waals surface area contributed by atoms with Gasteiger partial charge >= 0.3 is 0 Å². The van der Waals surface area contributed by atoms with E-state index in [1.54, 1.807) is 23.2 Å². The first-order valence-electron chi connectivity index (χ1n) is 7.30. The lowest BCUT2D eigenvalue weighted by Crippen LogP contribution is -2.36. The van der Waals surface area contributed by atoms with Crippen molar-refractivity contribution in [1.82, 2.24) is 29.7 Å². The number of fused-ring (bicyclic) bond motifs is 1. The number of aromatic nitrogens is 5. The molecule has 1 unspecified atom stereocenters. The highest BCUT2D eigenvalue weighted by Gasteiger charge is 2.19. The molecule has 2 aromatic rings. The van der Waals surface area contributed by atoms with Gasteiger partial charge in [0.15, 0.2) is 0 Å². The van der Waals surface area contributed by atoms with E-state index >= 15 is 0 Å². The quantitative estimate of drug-likeness (QED) is 0.852. The van der Waals surface area contributed by atoms with E-state index in [-0.39, 0.29) is 5.56 Å². The molecule has 21 heavy (non-hydrogen) atoms. The summed E-state index contributed by atoms with van der Waals surface area (Å²) in [5.41, 5.74) is 0.214. The maximum atomic E-state index is 11.5. The SMILES string of the molecule is Cc1nn2c(SCCC3CCCCN3C)nnc2[nH]c1=O. The molecule has 1 fully saturated rings. The zero-order valence-electron chi connectivity index (χ0n) is 12.4. The molecular weight excluding hydrogens is 288 g/mol. The second-order valence-corrected chi connectivity index (χ2v) is 6.59. The molecule has 2 aromatic heterocycles. The Kier molecular flexibility index (Phi) is 4.25. The number of aromatic amines is 1. The van der Waals surface area contributed by atoms with Crippen LogP contribution in [0, 0.1) is 6.92 Å². The van der Waals surface area contributed by atoms with Crippen LogP contribution in [0.5, 0.6) is 0 Å². The number of hydrogen-bond acceptors (Lipinski definition) is 6. The van der Waals surface area contributed by atoms with E-state index in [0.717, 1.165) is 17.3 Å². The van der Waals surface area contributed by atoms with Gasteiger partial charge < -0.3 is 4.90 Å². The van der Waals surface area contributed by atoms with Crippen LogP contribution in [0.2, 0.25) is 0 Å². The predicted molar refractivity (Wildman–Crippen MR) is 81.7 cm³/mol. The van der Waals surface area contributed by atoms with Gasteiger partial charge in [-0.15, -0.1) is 10.2 Å². The van der Waals surface area contributed by atoms with E-state index in [1.807, 2.05) is 0 Å². The van der Waals surface area contributed by atoms with Crippen LogP contribution in [-0.2, 0) is 0 Å². The summed E-state index contributed by atoms with van der Waals surface area (Å²) < 4.78 is 1.62. The molecule has 0 aliphatic carbocycles. The summed E-state index contributed by atoms with van der Waals surface area (Å²) in [5.74, 6) is 1.39. The highest BCUT2D eigenvalue weighted by atomic mass is 32.2. The summed E-state index contributed by atoms with van der Waals surface area (Å²) in [6.07, 6.45) is 5.06. The molecule has 1 atom stereocenters. The summed E-state index contributed by atoms with van der Waals surface area (Å²) in [7, 11) is 2.20. The average Bonchev–Trinajstić information content (AvgIpc) is 2.84. The molecule has 1 saturated heterocycles. The van der Waals surface area contributed by atoms with E-state index in [9.17, 15) is 4.79 Å². The molecule has 0 bridgehead atoms. The van der Waals surface area contributed by atoms with Crippen molar-refractivity contribution in [1.29, 1.82) is 0 Å². The van der Waals surface area contributed by atoms with Crippen LogP contribution in [0.1, 0.15) is 31.4 Å². The summed E-state index contributed by atoms with van der Waals surface area (Å²) in [6, 6.07) is 0.667. The minimum atomic E-state index is -0.213. The fourth-order valence-corrected chi connectivity index (χ4v) is 3.63. The standard InChI is InChI=1S/C13H20N6OS/c1-9-11(20)14-12-15-16-13(19(12)17-9)21-8-6-10-5-3-4-7-18(10)2/h10H,3-8H2,1-2H3,(H,14,15,20). The number of likely N-dealkylation sites (tertiary alicyclic amines) is 1. The van der Waals surface area contributed by atoms with Crippen LogP contribution in [0.3, 0.4) is 0 Å². The number of piperidine rings is 1. The first kappa shape index (κ1) is 14.5. The number of rotatable bonds is 4. The number of H-pyrrole nitrogens is 1. The van der Waals surface area contributed by atoms with Crippen molar-refractivity contribution < 1.29 is 0 Å². The third-order valence-corrected chi connectivity index (χ3v) is 4.97. The minimum Gasteiger partial charge on any atom is -0.303 e. The van der Waals surface area contributed by atoms with Crippen molar-refractivity contribution in [2.24, 2.45) is 0 Å². The molecule has 0 radical (unpaired) electrons. The molecule has 0 saturated carbocycles. The monoisotopic (exact) mass is 308 g/mol. The molecule has 7 nitrogen and oxygen atoms in total. The van der Waals surface area contributed by atoms with Crippen LogP contribution in [0.15, 0.2) is 9.95 Å². The molecule has 0 amide bonds. The van der Waals surface area contributed by atoms with E-state index in [1.165, 1.54) is 25.8 Å². The maximum absolute atomic E-state index is 11.5. The highest BCUT2D eigenvalue weighted by Crippen LogP contribution is 2.22. The molecule has 3 heterocycles. The fourth-order valence-electron chi connectivity index (χ4n) is 2.71. The molecule has 1 aliphatic rings. The van der Waals surface area contributed by atoms with Crippen LogP contribution >= 0.6 is 11.8 Å². The first-order valence-corrected chi connectivity index (χ1v) is 8.29. The van der Waals surface area contributed by atoms with E-state index in [0.29, 0.717) is 17.5 Å². The van der Waals surface area contributed by atoms with Gasteiger partial charge in [0.05, 0.1) is 0 Å². The minimum absolute atomic E-state index is 0.213. The number of nitrogens with one attached hydrogen (secondary N) is 1. The Bertz CT molecular complexity index is 681. The molecular formula is C13H20N6OS. The van der Waals surface area contributed by atoms with Crippen molar-refractivity contribution in [3.63, 3.8) is 0 Å². The summed E-state index contributed by atoms with van der Waals surface area (Å²) in [6.45, 7) is 2.88. The Morgan fingerprint density at radius 3 is 3.05 bits per heavy atom. The van der Waals surface area contributed by atoms with E-state index < -0.39 is 0 Å². The molecule has 114 valence electrons. The van der Waals surface area contributed by atoms with Crippen molar-refractivity contribution >= 4 is 17.5 Å². The van der Waals surface area contributed by atoms with Crippen LogP contribution in [0.4, 0.5) is 0 Å². The second-order valence-electron chi connectivity index (χ2n) is 5.52. The normalized spacial score (nSPS) is 20.2.